The minimum absolute atomic E-state index is 0.0188. The predicted molar refractivity (Wildman–Crippen MR) is 101 cm³/mol. The van der Waals surface area contributed by atoms with Gasteiger partial charge in [0.25, 0.3) is 5.91 Å². The summed E-state index contributed by atoms with van der Waals surface area (Å²) in [5.41, 5.74) is 6.19. The highest BCUT2D eigenvalue weighted by atomic mass is 32.1. The smallest absolute Gasteiger partial charge is 0.279 e. The summed E-state index contributed by atoms with van der Waals surface area (Å²) in [5.74, 6) is -0.00181. The van der Waals surface area contributed by atoms with Gasteiger partial charge in [-0.1, -0.05) is 19.8 Å². The fourth-order valence-corrected chi connectivity index (χ4v) is 4.47. The Kier molecular flexibility index (Phi) is 6.29. The number of hydrogen-bond donors (Lipinski definition) is 3. The molecular formula is C19H27N3O3S. The van der Waals surface area contributed by atoms with Crippen molar-refractivity contribution in [3.8, 4) is 0 Å². The van der Waals surface area contributed by atoms with E-state index >= 15 is 0 Å². The van der Waals surface area contributed by atoms with Crippen molar-refractivity contribution in [2.45, 2.75) is 58.3 Å². The lowest BCUT2D eigenvalue weighted by molar-refractivity contribution is -0.123. The molecule has 7 heteroatoms. The number of aryl methyl sites for hydroxylation is 2. The fourth-order valence-electron chi connectivity index (χ4n) is 3.32. The van der Waals surface area contributed by atoms with Crippen molar-refractivity contribution in [3.63, 3.8) is 0 Å². The van der Waals surface area contributed by atoms with E-state index in [4.69, 9.17) is 0 Å². The predicted octanol–water partition coefficient (Wildman–Crippen LogP) is 2.33. The molecule has 2 aliphatic carbocycles. The quantitative estimate of drug-likeness (QED) is 0.688. The zero-order chi connectivity index (χ0) is 18.5. The second-order valence-corrected chi connectivity index (χ2v) is 8.47. The van der Waals surface area contributed by atoms with Crippen molar-refractivity contribution in [1.82, 2.24) is 16.2 Å². The monoisotopic (exact) mass is 377 g/mol. The average molecular weight is 378 g/mol. The van der Waals surface area contributed by atoms with Crippen molar-refractivity contribution in [3.05, 3.63) is 21.4 Å². The largest absolute Gasteiger partial charge is 0.355 e. The summed E-state index contributed by atoms with van der Waals surface area (Å²) < 4.78 is 0. The molecular weight excluding hydrogens is 350 g/mol. The summed E-state index contributed by atoms with van der Waals surface area (Å²) in [5, 5.41) is 2.76. The first-order valence-electron chi connectivity index (χ1n) is 9.53. The van der Waals surface area contributed by atoms with Gasteiger partial charge in [-0.2, -0.15) is 0 Å². The number of amides is 3. The minimum Gasteiger partial charge on any atom is -0.355 e. The molecule has 2 unspecified atom stereocenters. The Balaban J connectivity index is 1.39. The molecule has 142 valence electrons. The molecule has 0 spiro atoms. The van der Waals surface area contributed by atoms with Crippen LogP contribution in [0.1, 0.15) is 65.6 Å². The third-order valence-electron chi connectivity index (χ3n) is 5.13. The SMILES string of the molecule is CC1CC1C(=O)NCCC(=O)NNC(=O)c1cc2c(s1)CCCCCC2. The summed E-state index contributed by atoms with van der Waals surface area (Å²) in [6.07, 6.45) is 8.01. The third kappa shape index (κ3) is 5.06. The number of thiophene rings is 1. The van der Waals surface area contributed by atoms with Gasteiger partial charge in [-0.25, -0.2) is 0 Å². The van der Waals surface area contributed by atoms with Gasteiger partial charge >= 0.3 is 0 Å². The molecule has 6 nitrogen and oxygen atoms in total. The van der Waals surface area contributed by atoms with Crippen LogP contribution < -0.4 is 16.2 Å². The molecule has 0 bridgehead atoms. The number of nitrogens with one attached hydrogen (secondary N) is 3. The van der Waals surface area contributed by atoms with Crippen LogP contribution >= 0.6 is 11.3 Å². The van der Waals surface area contributed by atoms with Gasteiger partial charge in [0, 0.05) is 23.8 Å². The molecule has 1 aromatic rings. The number of fused-ring (bicyclic) bond motifs is 1. The summed E-state index contributed by atoms with van der Waals surface area (Å²) in [7, 11) is 0. The van der Waals surface area contributed by atoms with Crippen LogP contribution in [0.4, 0.5) is 0 Å². The summed E-state index contributed by atoms with van der Waals surface area (Å²) in [6, 6.07) is 1.96. The van der Waals surface area contributed by atoms with E-state index in [0.29, 0.717) is 10.8 Å². The van der Waals surface area contributed by atoms with E-state index < -0.39 is 0 Å². The fraction of sp³-hybridized carbons (Fsp3) is 0.632. The molecule has 0 aliphatic heterocycles. The standard InChI is InChI=1S/C19H27N3O3S/c1-12-10-14(12)18(24)20-9-8-17(23)21-22-19(25)16-11-13-6-4-2-3-5-7-15(13)26-16/h11-12,14H,2-10H2,1H3,(H,20,24)(H,21,23)(H,22,25). The van der Waals surface area contributed by atoms with E-state index in [1.54, 1.807) is 0 Å². The lowest BCUT2D eigenvalue weighted by atomic mass is 10.00. The Morgan fingerprint density at radius 2 is 1.85 bits per heavy atom. The first kappa shape index (κ1) is 18.9. The van der Waals surface area contributed by atoms with Gasteiger partial charge in [0.05, 0.1) is 4.88 Å². The zero-order valence-electron chi connectivity index (χ0n) is 15.2. The van der Waals surface area contributed by atoms with E-state index in [9.17, 15) is 14.4 Å². The third-order valence-corrected chi connectivity index (χ3v) is 6.37. The molecule has 1 heterocycles. The van der Waals surface area contributed by atoms with Gasteiger partial charge in [0.2, 0.25) is 11.8 Å². The summed E-state index contributed by atoms with van der Waals surface area (Å²) in [4.78, 5) is 37.7. The van der Waals surface area contributed by atoms with E-state index in [1.807, 2.05) is 13.0 Å². The second kappa shape index (κ2) is 8.66. The molecule has 2 atom stereocenters. The van der Waals surface area contributed by atoms with Gasteiger partial charge in [-0.05, 0) is 49.7 Å². The van der Waals surface area contributed by atoms with Gasteiger partial charge in [0.15, 0.2) is 0 Å². The summed E-state index contributed by atoms with van der Waals surface area (Å²) >= 11 is 1.53. The van der Waals surface area contributed by atoms with Crippen LogP contribution in [0, 0.1) is 11.8 Å². The molecule has 26 heavy (non-hydrogen) atoms. The van der Waals surface area contributed by atoms with Crippen molar-refractivity contribution in [2.75, 3.05) is 6.54 Å². The first-order chi connectivity index (χ1) is 12.5. The van der Waals surface area contributed by atoms with Gasteiger partial charge < -0.3 is 5.32 Å². The normalized spacial score (nSPS) is 21.7. The van der Waals surface area contributed by atoms with Crippen LogP contribution in [0.15, 0.2) is 6.07 Å². The topological polar surface area (TPSA) is 87.3 Å². The number of carbonyl (C=O) groups excluding carboxylic acids is 3. The number of hydrogen-bond acceptors (Lipinski definition) is 4. The molecule has 3 amide bonds. The Morgan fingerprint density at radius 3 is 2.58 bits per heavy atom. The van der Waals surface area contributed by atoms with Crippen molar-refractivity contribution >= 4 is 29.1 Å². The van der Waals surface area contributed by atoms with Gasteiger partial charge in [-0.15, -0.1) is 11.3 Å². The maximum absolute atomic E-state index is 12.3. The number of hydrazine groups is 1. The second-order valence-electron chi connectivity index (χ2n) is 7.34. The Bertz CT molecular complexity index is 660. The zero-order valence-corrected chi connectivity index (χ0v) is 16.0. The van der Waals surface area contributed by atoms with E-state index in [0.717, 1.165) is 19.3 Å². The highest BCUT2D eigenvalue weighted by Gasteiger charge is 2.38. The highest BCUT2D eigenvalue weighted by molar-refractivity contribution is 7.14. The molecule has 0 aromatic carbocycles. The number of rotatable bonds is 5. The van der Waals surface area contributed by atoms with Crippen LogP contribution in [0.3, 0.4) is 0 Å². The van der Waals surface area contributed by atoms with Gasteiger partial charge in [0.1, 0.15) is 0 Å². The molecule has 1 fully saturated rings. The molecule has 0 saturated heterocycles. The molecule has 0 radical (unpaired) electrons. The Morgan fingerprint density at radius 1 is 1.12 bits per heavy atom. The van der Waals surface area contributed by atoms with E-state index in [2.05, 4.69) is 16.2 Å². The number of carbonyl (C=O) groups is 3. The van der Waals surface area contributed by atoms with Crippen molar-refractivity contribution in [1.29, 1.82) is 0 Å². The average Bonchev–Trinajstić information content (AvgIpc) is 3.21. The molecule has 1 saturated carbocycles. The maximum Gasteiger partial charge on any atom is 0.279 e. The van der Waals surface area contributed by atoms with Crippen LogP contribution in [0.5, 0.6) is 0 Å². The summed E-state index contributed by atoms with van der Waals surface area (Å²) in [6.45, 7) is 2.33. The van der Waals surface area contributed by atoms with E-state index in [-0.39, 0.29) is 36.6 Å². The maximum atomic E-state index is 12.3. The Labute approximate surface area is 158 Å². The lowest BCUT2D eigenvalue weighted by Crippen LogP contribution is -2.42. The van der Waals surface area contributed by atoms with Crippen molar-refractivity contribution in [2.24, 2.45) is 11.8 Å². The van der Waals surface area contributed by atoms with Crippen LogP contribution in [-0.2, 0) is 22.4 Å². The first-order valence-corrected chi connectivity index (χ1v) is 10.3. The molecule has 2 aliphatic rings. The van der Waals surface area contributed by atoms with E-state index in [1.165, 1.54) is 47.5 Å². The lowest BCUT2D eigenvalue weighted by Gasteiger charge is -2.07. The molecule has 1 aromatic heterocycles. The molecule has 3 rings (SSSR count). The van der Waals surface area contributed by atoms with Gasteiger partial charge in [-0.3, -0.25) is 25.2 Å². The molecule has 3 N–H and O–H groups in total. The van der Waals surface area contributed by atoms with Crippen molar-refractivity contribution < 1.29 is 14.4 Å². The highest BCUT2D eigenvalue weighted by Crippen LogP contribution is 2.37. The van der Waals surface area contributed by atoms with Crippen LogP contribution in [-0.4, -0.2) is 24.3 Å². The van der Waals surface area contributed by atoms with Crippen LogP contribution in [0.2, 0.25) is 0 Å². The van der Waals surface area contributed by atoms with Crippen LogP contribution in [0.25, 0.3) is 0 Å². The Hall–Kier alpha value is -1.89. The minimum atomic E-state index is -0.308.